The molecule has 0 unspecified atom stereocenters. The lowest BCUT2D eigenvalue weighted by Gasteiger charge is -2.18. The van der Waals surface area contributed by atoms with Crippen LogP contribution in [0.15, 0.2) is 30.3 Å². The quantitative estimate of drug-likeness (QED) is 0.634. The van der Waals surface area contributed by atoms with E-state index in [0.717, 1.165) is 11.3 Å². The monoisotopic (exact) mass is 247 g/mol. The molecule has 0 fully saturated rings. The summed E-state index contributed by atoms with van der Waals surface area (Å²) in [6.45, 7) is 2.32. The number of hydrogen-bond acceptors (Lipinski definition) is 5. The number of hydrogen-bond donors (Lipinski definition) is 1. The van der Waals surface area contributed by atoms with Crippen molar-refractivity contribution in [2.45, 2.75) is 6.92 Å². The molecule has 1 N–H and O–H groups in total. The molecule has 5 heteroatoms. The molecule has 0 amide bonds. The Labute approximate surface area is 104 Å². The van der Waals surface area contributed by atoms with E-state index in [1.165, 1.54) is 0 Å². The molecule has 94 valence electrons. The Kier molecular flexibility index (Phi) is 3.62. The van der Waals surface area contributed by atoms with Gasteiger partial charge in [-0.15, -0.1) is 0 Å². The van der Waals surface area contributed by atoms with Crippen molar-refractivity contribution < 1.29 is 19.1 Å². The van der Waals surface area contributed by atoms with Crippen molar-refractivity contribution in [3.05, 3.63) is 35.9 Å². The first-order valence-corrected chi connectivity index (χ1v) is 5.64. The number of nitrogens with one attached hydrogen (secondary N) is 1. The molecular formula is C13H13NO4. The third-order valence-electron chi connectivity index (χ3n) is 2.42. The van der Waals surface area contributed by atoms with Gasteiger partial charge in [-0.3, -0.25) is 0 Å². The van der Waals surface area contributed by atoms with Crippen molar-refractivity contribution in [3.8, 4) is 0 Å². The molecule has 1 aliphatic heterocycles. The molecule has 5 nitrogen and oxygen atoms in total. The molecule has 0 bridgehead atoms. The minimum atomic E-state index is -1.00. The summed E-state index contributed by atoms with van der Waals surface area (Å²) >= 11 is 0. The van der Waals surface area contributed by atoms with Crippen LogP contribution in [0.25, 0.3) is 5.76 Å². The van der Waals surface area contributed by atoms with E-state index in [1.807, 2.05) is 24.3 Å². The van der Waals surface area contributed by atoms with Gasteiger partial charge in [0.15, 0.2) is 0 Å². The maximum Gasteiger partial charge on any atom is 0.422 e. The average Bonchev–Trinajstić information content (AvgIpc) is 2.39. The fourth-order valence-electron chi connectivity index (χ4n) is 1.64. The number of ether oxygens (including phenoxy) is 2. The molecule has 18 heavy (non-hydrogen) atoms. The van der Waals surface area contributed by atoms with E-state index in [9.17, 15) is 9.59 Å². The number of benzene rings is 1. The van der Waals surface area contributed by atoms with Crippen molar-refractivity contribution in [1.82, 2.24) is 0 Å². The van der Waals surface area contributed by atoms with Gasteiger partial charge in [-0.25, -0.2) is 9.59 Å². The predicted octanol–water partition coefficient (Wildman–Crippen LogP) is 1.56. The number of rotatable bonds is 2. The van der Waals surface area contributed by atoms with Crippen molar-refractivity contribution in [2.24, 2.45) is 0 Å². The molecule has 0 aliphatic carbocycles. The topological polar surface area (TPSA) is 64.6 Å². The molecule has 1 aliphatic rings. The second-order valence-corrected chi connectivity index (χ2v) is 3.60. The molecule has 1 aromatic rings. The van der Waals surface area contributed by atoms with Crippen LogP contribution in [0.5, 0.6) is 0 Å². The second kappa shape index (κ2) is 5.35. The zero-order chi connectivity index (χ0) is 13.0. The van der Waals surface area contributed by atoms with Gasteiger partial charge in [0.1, 0.15) is 5.76 Å². The highest BCUT2D eigenvalue weighted by atomic mass is 16.6. The van der Waals surface area contributed by atoms with Gasteiger partial charge >= 0.3 is 11.9 Å². The van der Waals surface area contributed by atoms with Crippen molar-refractivity contribution >= 4 is 23.4 Å². The Balaban J connectivity index is 2.13. The first-order chi connectivity index (χ1) is 8.72. The Hall–Kier alpha value is -2.30. The van der Waals surface area contributed by atoms with Crippen LogP contribution in [0.2, 0.25) is 0 Å². The molecule has 0 spiro atoms. The van der Waals surface area contributed by atoms with Gasteiger partial charge in [0.25, 0.3) is 0 Å². The predicted molar refractivity (Wildman–Crippen MR) is 65.6 cm³/mol. The Morgan fingerprint density at radius 1 is 1.28 bits per heavy atom. The first-order valence-electron chi connectivity index (χ1n) is 5.64. The molecule has 0 atom stereocenters. The summed E-state index contributed by atoms with van der Waals surface area (Å²) in [6, 6.07) is 7.39. The summed E-state index contributed by atoms with van der Waals surface area (Å²) in [5, 5.41) is 3.14. The SMILES string of the molecule is CCOC(=O)C(=O)OC1=CCNc2ccccc21. The number of anilines is 1. The zero-order valence-corrected chi connectivity index (χ0v) is 9.93. The van der Waals surface area contributed by atoms with E-state index in [4.69, 9.17) is 4.74 Å². The van der Waals surface area contributed by atoms with Gasteiger partial charge in [0, 0.05) is 17.8 Å². The van der Waals surface area contributed by atoms with E-state index >= 15 is 0 Å². The molecule has 0 radical (unpaired) electrons. The average molecular weight is 247 g/mol. The maximum absolute atomic E-state index is 11.5. The van der Waals surface area contributed by atoms with Gasteiger partial charge in [-0.1, -0.05) is 12.1 Å². The van der Waals surface area contributed by atoms with E-state index in [0.29, 0.717) is 12.3 Å². The summed E-state index contributed by atoms with van der Waals surface area (Å²) in [5.74, 6) is -1.60. The van der Waals surface area contributed by atoms with Crippen molar-refractivity contribution in [3.63, 3.8) is 0 Å². The summed E-state index contributed by atoms with van der Waals surface area (Å²) in [4.78, 5) is 22.6. The summed E-state index contributed by atoms with van der Waals surface area (Å²) in [5.41, 5.74) is 1.62. The summed E-state index contributed by atoms with van der Waals surface area (Å²) in [6.07, 6.45) is 1.71. The number of para-hydroxylation sites is 1. The van der Waals surface area contributed by atoms with Gasteiger partial charge in [-0.2, -0.15) is 0 Å². The Bertz CT molecular complexity index is 507. The Morgan fingerprint density at radius 2 is 2.06 bits per heavy atom. The number of esters is 2. The molecule has 1 aromatic carbocycles. The second-order valence-electron chi connectivity index (χ2n) is 3.60. The number of fused-ring (bicyclic) bond motifs is 1. The minimum Gasteiger partial charge on any atom is -0.458 e. The summed E-state index contributed by atoms with van der Waals surface area (Å²) < 4.78 is 9.62. The third-order valence-corrected chi connectivity index (χ3v) is 2.42. The molecule has 0 aromatic heterocycles. The molecule has 1 heterocycles. The van der Waals surface area contributed by atoms with Crippen LogP contribution >= 0.6 is 0 Å². The fourth-order valence-corrected chi connectivity index (χ4v) is 1.64. The molecule has 2 rings (SSSR count). The van der Waals surface area contributed by atoms with Crippen molar-refractivity contribution in [1.29, 1.82) is 0 Å². The van der Waals surface area contributed by atoms with Gasteiger partial charge in [0.2, 0.25) is 0 Å². The van der Waals surface area contributed by atoms with E-state index in [1.54, 1.807) is 13.0 Å². The van der Waals surface area contributed by atoms with Crippen molar-refractivity contribution in [2.75, 3.05) is 18.5 Å². The largest absolute Gasteiger partial charge is 0.458 e. The van der Waals surface area contributed by atoms with E-state index in [2.05, 4.69) is 10.1 Å². The highest BCUT2D eigenvalue weighted by Gasteiger charge is 2.22. The number of carbonyl (C=O) groups is 2. The summed E-state index contributed by atoms with van der Waals surface area (Å²) in [7, 11) is 0. The van der Waals surface area contributed by atoms with Crippen LogP contribution in [0, 0.1) is 0 Å². The highest BCUT2D eigenvalue weighted by Crippen LogP contribution is 2.27. The first kappa shape index (κ1) is 12.2. The highest BCUT2D eigenvalue weighted by molar-refractivity contribution is 6.30. The molecular weight excluding hydrogens is 234 g/mol. The minimum absolute atomic E-state index is 0.144. The standard InChI is InChI=1S/C13H13NO4/c1-2-17-12(15)13(16)18-11-7-8-14-10-6-4-3-5-9(10)11/h3-7,14H,2,8H2,1H3. The van der Waals surface area contributed by atoms with Crippen LogP contribution in [-0.2, 0) is 19.1 Å². The lowest BCUT2D eigenvalue weighted by atomic mass is 10.1. The zero-order valence-electron chi connectivity index (χ0n) is 9.93. The van der Waals surface area contributed by atoms with E-state index < -0.39 is 11.9 Å². The molecule has 0 saturated carbocycles. The lowest BCUT2D eigenvalue weighted by Crippen LogP contribution is -2.21. The van der Waals surface area contributed by atoms with Crippen LogP contribution in [0.1, 0.15) is 12.5 Å². The maximum atomic E-state index is 11.5. The normalized spacial score (nSPS) is 12.8. The van der Waals surface area contributed by atoms with E-state index in [-0.39, 0.29) is 6.61 Å². The van der Waals surface area contributed by atoms with Crippen LogP contribution in [0.4, 0.5) is 5.69 Å². The molecule has 0 saturated heterocycles. The smallest absolute Gasteiger partial charge is 0.422 e. The third kappa shape index (κ3) is 2.51. The van der Waals surface area contributed by atoms with Crippen LogP contribution in [0.3, 0.4) is 0 Å². The van der Waals surface area contributed by atoms with Gasteiger partial charge in [-0.05, 0) is 25.1 Å². The van der Waals surface area contributed by atoms with Crippen LogP contribution < -0.4 is 5.32 Å². The fraction of sp³-hybridized carbons (Fsp3) is 0.231. The lowest BCUT2D eigenvalue weighted by molar-refractivity contribution is -0.163. The van der Waals surface area contributed by atoms with Gasteiger partial charge in [0.05, 0.1) is 6.61 Å². The Morgan fingerprint density at radius 3 is 2.83 bits per heavy atom. The number of carbonyl (C=O) groups excluding carboxylic acids is 2. The van der Waals surface area contributed by atoms with Crippen LogP contribution in [-0.4, -0.2) is 25.1 Å². The van der Waals surface area contributed by atoms with Gasteiger partial charge < -0.3 is 14.8 Å².